The lowest BCUT2D eigenvalue weighted by Gasteiger charge is -2.49. The van der Waals surface area contributed by atoms with Crippen LogP contribution in [0.3, 0.4) is 0 Å². The first kappa shape index (κ1) is 21.7. The maximum atomic E-state index is 6.62. The predicted molar refractivity (Wildman–Crippen MR) is 131 cm³/mol. The van der Waals surface area contributed by atoms with Crippen molar-refractivity contribution in [1.29, 1.82) is 0 Å². The second kappa shape index (κ2) is 7.55. The van der Waals surface area contributed by atoms with Crippen molar-refractivity contribution in [3.05, 3.63) is 41.0 Å². The van der Waals surface area contributed by atoms with E-state index >= 15 is 0 Å². The fraction of sp³-hybridized carbons (Fsp3) is 0.692. The van der Waals surface area contributed by atoms with Crippen LogP contribution >= 0.6 is 15.9 Å². The van der Waals surface area contributed by atoms with Gasteiger partial charge in [0.25, 0.3) is 0 Å². The molecule has 3 heteroatoms. The van der Waals surface area contributed by atoms with Crippen molar-refractivity contribution in [3.8, 4) is 5.75 Å². The molecule has 4 rings (SSSR count). The number of benzene rings is 1. The van der Waals surface area contributed by atoms with E-state index in [1.165, 1.54) is 38.5 Å². The van der Waals surface area contributed by atoms with Gasteiger partial charge in [0, 0.05) is 5.33 Å². The van der Waals surface area contributed by atoms with Crippen LogP contribution in [0, 0.1) is 17.3 Å². The Hall–Kier alpha value is -0.543. The number of alkyl halides is 1. The molecule has 3 aliphatic carbocycles. The molecule has 2 fully saturated rings. The van der Waals surface area contributed by atoms with E-state index in [0.717, 1.165) is 28.8 Å². The Kier molecular flexibility index (Phi) is 5.64. The van der Waals surface area contributed by atoms with Gasteiger partial charge in [0.15, 0.2) is 0 Å². The number of fused-ring (bicyclic) bond motifs is 5. The number of rotatable bonds is 3. The summed E-state index contributed by atoms with van der Waals surface area (Å²) >= 11 is 3.64. The van der Waals surface area contributed by atoms with Gasteiger partial charge >= 0.3 is 0 Å². The molecule has 0 saturated heterocycles. The number of allylic oxidation sites excluding steroid dienone is 2. The fourth-order valence-corrected chi connectivity index (χ4v) is 7.76. The van der Waals surface area contributed by atoms with E-state index in [0.29, 0.717) is 5.41 Å². The average Bonchev–Trinajstić information content (AvgIpc) is 2.97. The predicted octanol–water partition coefficient (Wildman–Crippen LogP) is 8.25. The quantitative estimate of drug-likeness (QED) is 0.243. The fourth-order valence-electron chi connectivity index (χ4n) is 6.35. The van der Waals surface area contributed by atoms with Gasteiger partial charge in [-0.3, -0.25) is 0 Å². The van der Waals surface area contributed by atoms with E-state index in [2.05, 4.69) is 81.0 Å². The van der Waals surface area contributed by atoms with Crippen LogP contribution in [-0.2, 0) is 6.42 Å². The zero-order valence-corrected chi connectivity index (χ0v) is 21.9. The van der Waals surface area contributed by atoms with E-state index in [1.807, 2.05) is 0 Å². The van der Waals surface area contributed by atoms with Crippen molar-refractivity contribution in [2.75, 3.05) is 5.33 Å². The summed E-state index contributed by atoms with van der Waals surface area (Å²) in [6.07, 6.45) is 10.5. The highest BCUT2D eigenvalue weighted by Crippen LogP contribution is 2.62. The molecule has 0 aromatic heterocycles. The zero-order chi connectivity index (χ0) is 21.0. The van der Waals surface area contributed by atoms with Gasteiger partial charge in [0.2, 0.25) is 8.32 Å². The Morgan fingerprint density at radius 3 is 2.62 bits per heavy atom. The van der Waals surface area contributed by atoms with Crippen LogP contribution in [0.15, 0.2) is 29.8 Å². The van der Waals surface area contributed by atoms with Crippen LogP contribution < -0.4 is 4.43 Å². The molecule has 0 bridgehead atoms. The molecule has 3 aliphatic rings. The molecule has 29 heavy (non-hydrogen) atoms. The van der Waals surface area contributed by atoms with E-state index in [-0.39, 0.29) is 5.04 Å². The molecule has 0 unspecified atom stereocenters. The molecular formula is C26H39BrOSi. The Balaban J connectivity index is 1.58. The van der Waals surface area contributed by atoms with Crippen molar-refractivity contribution in [3.63, 3.8) is 0 Å². The van der Waals surface area contributed by atoms with Gasteiger partial charge in [0.1, 0.15) is 5.75 Å². The van der Waals surface area contributed by atoms with Crippen LogP contribution in [0.4, 0.5) is 0 Å². The molecular weight excluding hydrogens is 436 g/mol. The summed E-state index contributed by atoms with van der Waals surface area (Å²) in [6.45, 7) is 14.2. The Morgan fingerprint density at radius 1 is 1.17 bits per heavy atom. The van der Waals surface area contributed by atoms with Crippen LogP contribution in [-0.4, -0.2) is 13.6 Å². The number of hydrogen-bond acceptors (Lipinski definition) is 1. The van der Waals surface area contributed by atoms with Crippen LogP contribution in [0.25, 0.3) is 0 Å². The van der Waals surface area contributed by atoms with E-state index in [4.69, 9.17) is 4.43 Å². The summed E-state index contributed by atoms with van der Waals surface area (Å²) < 4.78 is 6.62. The van der Waals surface area contributed by atoms with Crippen molar-refractivity contribution < 1.29 is 4.43 Å². The molecule has 0 spiro atoms. The van der Waals surface area contributed by atoms with E-state index < -0.39 is 8.32 Å². The first-order valence-electron chi connectivity index (χ1n) is 11.6. The first-order chi connectivity index (χ1) is 13.6. The number of hydrogen-bond donors (Lipinski definition) is 0. The maximum Gasteiger partial charge on any atom is 0.250 e. The third-order valence-electron chi connectivity index (χ3n) is 9.05. The van der Waals surface area contributed by atoms with Crippen molar-refractivity contribution in [2.45, 2.75) is 90.3 Å². The molecule has 0 radical (unpaired) electrons. The molecule has 4 atom stereocenters. The molecule has 0 amide bonds. The minimum absolute atomic E-state index is 0.241. The normalized spacial score (nSPS) is 33.2. The summed E-state index contributed by atoms with van der Waals surface area (Å²) in [5.41, 5.74) is 5.41. The van der Waals surface area contributed by atoms with Crippen LogP contribution in [0.2, 0.25) is 18.1 Å². The van der Waals surface area contributed by atoms with Crippen molar-refractivity contribution >= 4 is 24.2 Å². The molecule has 0 aliphatic heterocycles. The Morgan fingerprint density at radius 2 is 1.93 bits per heavy atom. The molecule has 0 heterocycles. The average molecular weight is 476 g/mol. The van der Waals surface area contributed by atoms with Gasteiger partial charge < -0.3 is 4.43 Å². The van der Waals surface area contributed by atoms with Gasteiger partial charge in [-0.05, 0) is 103 Å². The molecule has 160 valence electrons. The summed E-state index contributed by atoms with van der Waals surface area (Å²) in [4.78, 5) is 0. The third kappa shape index (κ3) is 3.69. The molecule has 1 aromatic carbocycles. The Bertz CT molecular complexity index is 805. The van der Waals surface area contributed by atoms with Crippen molar-refractivity contribution in [2.24, 2.45) is 17.3 Å². The summed E-state index contributed by atoms with van der Waals surface area (Å²) in [6, 6.07) is 7.10. The lowest BCUT2D eigenvalue weighted by Crippen LogP contribution is -2.44. The number of aryl methyl sites for hydroxylation is 1. The highest BCUT2D eigenvalue weighted by atomic mass is 79.9. The SMILES string of the molecule is CC(C)(C)[Si](C)(C)Oc1ccc2c(c1)CC[C@@H]1[C@@H]2CC[C@]2(C)C(=CCBr)CC[C@@H]12. The topological polar surface area (TPSA) is 9.23 Å². The highest BCUT2D eigenvalue weighted by molar-refractivity contribution is 9.09. The van der Waals surface area contributed by atoms with Crippen molar-refractivity contribution in [1.82, 2.24) is 0 Å². The van der Waals surface area contributed by atoms with E-state index in [1.54, 1.807) is 16.7 Å². The maximum absolute atomic E-state index is 6.62. The van der Waals surface area contributed by atoms with Gasteiger partial charge in [-0.1, -0.05) is 61.3 Å². The summed E-state index contributed by atoms with van der Waals surface area (Å²) in [7, 11) is -1.78. The van der Waals surface area contributed by atoms with Gasteiger partial charge in [-0.25, -0.2) is 0 Å². The largest absolute Gasteiger partial charge is 0.543 e. The van der Waals surface area contributed by atoms with Crippen LogP contribution in [0.5, 0.6) is 5.75 Å². The zero-order valence-electron chi connectivity index (χ0n) is 19.3. The van der Waals surface area contributed by atoms with Crippen LogP contribution in [0.1, 0.15) is 76.8 Å². The first-order valence-corrected chi connectivity index (χ1v) is 15.7. The minimum atomic E-state index is -1.78. The van der Waals surface area contributed by atoms with Gasteiger partial charge in [-0.2, -0.15) is 0 Å². The Labute approximate surface area is 188 Å². The highest BCUT2D eigenvalue weighted by Gasteiger charge is 2.52. The third-order valence-corrected chi connectivity index (χ3v) is 13.7. The molecule has 0 N–H and O–H groups in total. The molecule has 1 nitrogen and oxygen atoms in total. The lowest BCUT2D eigenvalue weighted by molar-refractivity contribution is 0.0813. The standard InChI is InChI=1S/C26H39BrOSi/c1-25(2,3)29(5,6)28-20-9-11-21-18(17-20)7-10-23-22(21)13-15-26(4)19(14-16-27)8-12-24(23)26/h9,11,14,17,22-24H,7-8,10,12-13,15-16H2,1-6H3/t22-,23-,24+,26-/m1/s1. The minimum Gasteiger partial charge on any atom is -0.543 e. The molecule has 1 aromatic rings. The smallest absolute Gasteiger partial charge is 0.250 e. The summed E-state index contributed by atoms with van der Waals surface area (Å²) in [5, 5.41) is 1.25. The molecule has 2 saturated carbocycles. The van der Waals surface area contributed by atoms with Gasteiger partial charge in [0.05, 0.1) is 0 Å². The second-order valence-corrected chi connectivity index (χ2v) is 16.9. The van der Waals surface area contributed by atoms with E-state index in [9.17, 15) is 0 Å². The monoisotopic (exact) mass is 474 g/mol. The van der Waals surface area contributed by atoms with Gasteiger partial charge in [-0.15, -0.1) is 0 Å². The second-order valence-electron chi connectivity index (χ2n) is 11.5. The lowest BCUT2D eigenvalue weighted by atomic mass is 9.55. The summed E-state index contributed by atoms with van der Waals surface area (Å²) in [5.74, 6) is 3.62. The number of halogens is 1.